The average molecular weight is 588 g/mol. The van der Waals surface area contributed by atoms with Gasteiger partial charge in [0.2, 0.25) is 5.91 Å². The Labute approximate surface area is 249 Å². The van der Waals surface area contributed by atoms with Gasteiger partial charge in [0.05, 0.1) is 12.0 Å². The lowest BCUT2D eigenvalue weighted by atomic mass is 10.0. The Balaban J connectivity index is 1.37. The normalized spacial score (nSPS) is 13.9. The van der Waals surface area contributed by atoms with Gasteiger partial charge in [0.25, 0.3) is 17.1 Å². The molecular formula is C32H33N3O6S. The summed E-state index contributed by atoms with van der Waals surface area (Å²) in [6, 6.07) is 19.9. The van der Waals surface area contributed by atoms with Crippen LogP contribution >= 0.6 is 11.8 Å². The summed E-state index contributed by atoms with van der Waals surface area (Å²) < 4.78 is 11.1. The summed E-state index contributed by atoms with van der Waals surface area (Å²) >= 11 is 0.759. The van der Waals surface area contributed by atoms with E-state index in [1.165, 1.54) is 7.11 Å². The van der Waals surface area contributed by atoms with Gasteiger partial charge in [-0.3, -0.25) is 24.1 Å². The van der Waals surface area contributed by atoms with Gasteiger partial charge in [-0.1, -0.05) is 57.2 Å². The summed E-state index contributed by atoms with van der Waals surface area (Å²) in [5.41, 5.74) is 4.07. The standard InChI is InChI=1S/C32H33N3O6S/c1-5-21-10-13-23(14-11-21)33-29(36)18-35-31(38)28(42-32(35)39)17-22-12-15-26(27(16-22)40-4)41-19-30(37)34-25-9-7-6-8-24(25)20(2)3/h6-17,20H,5,18-19H2,1-4H3,(H,33,36)(H,34,37)/b28-17-. The van der Waals surface area contributed by atoms with Crippen LogP contribution in [0.3, 0.4) is 0 Å². The smallest absolute Gasteiger partial charge is 0.294 e. The van der Waals surface area contributed by atoms with E-state index in [1.54, 1.807) is 36.4 Å². The zero-order valence-electron chi connectivity index (χ0n) is 23.9. The molecule has 0 unspecified atom stereocenters. The second kappa shape index (κ2) is 13.9. The number of hydrogen-bond donors (Lipinski definition) is 2. The minimum absolute atomic E-state index is 0.180. The molecule has 1 saturated heterocycles. The van der Waals surface area contributed by atoms with Crippen molar-refractivity contribution in [3.8, 4) is 11.5 Å². The highest BCUT2D eigenvalue weighted by Crippen LogP contribution is 2.34. The topological polar surface area (TPSA) is 114 Å². The molecule has 0 atom stereocenters. The highest BCUT2D eigenvalue weighted by molar-refractivity contribution is 8.18. The minimum Gasteiger partial charge on any atom is -0.493 e. The van der Waals surface area contributed by atoms with E-state index in [2.05, 4.69) is 24.5 Å². The maximum absolute atomic E-state index is 12.9. The molecule has 0 spiro atoms. The number of ether oxygens (including phenoxy) is 2. The van der Waals surface area contributed by atoms with Gasteiger partial charge in [0, 0.05) is 11.4 Å². The molecule has 0 radical (unpaired) electrons. The molecule has 1 aliphatic heterocycles. The highest BCUT2D eigenvalue weighted by atomic mass is 32.2. The van der Waals surface area contributed by atoms with E-state index < -0.39 is 23.6 Å². The SMILES string of the molecule is CCc1ccc(NC(=O)CN2C(=O)S/C(=C\c3ccc(OCC(=O)Nc4ccccc4C(C)C)c(OC)c3)C2=O)cc1. The molecule has 0 bridgehead atoms. The number of hydrogen-bond acceptors (Lipinski definition) is 7. The van der Waals surface area contributed by atoms with Crippen LogP contribution in [0.4, 0.5) is 16.2 Å². The van der Waals surface area contributed by atoms with E-state index in [0.717, 1.165) is 39.9 Å². The van der Waals surface area contributed by atoms with Gasteiger partial charge >= 0.3 is 0 Å². The Bertz CT molecular complexity index is 1520. The van der Waals surface area contributed by atoms with Gasteiger partial charge in [0.15, 0.2) is 18.1 Å². The Kier molecular flexibility index (Phi) is 10.0. The van der Waals surface area contributed by atoms with Gasteiger partial charge in [-0.25, -0.2) is 0 Å². The lowest BCUT2D eigenvalue weighted by Gasteiger charge is -2.15. The van der Waals surface area contributed by atoms with Crippen LogP contribution in [0.15, 0.2) is 71.6 Å². The summed E-state index contributed by atoms with van der Waals surface area (Å²) in [5.74, 6) is -0.394. The van der Waals surface area contributed by atoms with Gasteiger partial charge < -0.3 is 20.1 Å². The summed E-state index contributed by atoms with van der Waals surface area (Å²) in [5, 5.41) is 5.07. The van der Waals surface area contributed by atoms with Gasteiger partial charge in [0.1, 0.15) is 6.54 Å². The third kappa shape index (κ3) is 7.58. The first-order valence-electron chi connectivity index (χ1n) is 13.5. The van der Waals surface area contributed by atoms with Crippen molar-refractivity contribution in [1.29, 1.82) is 0 Å². The summed E-state index contributed by atoms with van der Waals surface area (Å²) in [6.07, 6.45) is 2.43. The third-order valence-corrected chi connectivity index (χ3v) is 7.43. The largest absolute Gasteiger partial charge is 0.493 e. The van der Waals surface area contributed by atoms with Crippen LogP contribution in [0.5, 0.6) is 11.5 Å². The lowest BCUT2D eigenvalue weighted by molar-refractivity contribution is -0.127. The average Bonchev–Trinajstić information content (AvgIpc) is 3.23. The van der Waals surface area contributed by atoms with E-state index >= 15 is 0 Å². The predicted octanol–water partition coefficient (Wildman–Crippen LogP) is 6.07. The van der Waals surface area contributed by atoms with Crippen molar-refractivity contribution in [3.05, 3.63) is 88.3 Å². The van der Waals surface area contributed by atoms with E-state index in [4.69, 9.17) is 9.47 Å². The third-order valence-electron chi connectivity index (χ3n) is 6.52. The minimum atomic E-state index is -0.556. The molecule has 218 valence electrons. The maximum Gasteiger partial charge on any atom is 0.294 e. The first-order chi connectivity index (χ1) is 20.2. The molecule has 1 aliphatic rings. The molecule has 9 nitrogen and oxygen atoms in total. The Hall–Kier alpha value is -4.57. The molecule has 4 rings (SSSR count). The molecule has 0 aromatic heterocycles. The van der Waals surface area contributed by atoms with Gasteiger partial charge in [-0.2, -0.15) is 0 Å². The zero-order valence-corrected chi connectivity index (χ0v) is 24.7. The van der Waals surface area contributed by atoms with Crippen molar-refractivity contribution in [2.24, 2.45) is 0 Å². The molecule has 3 aromatic carbocycles. The second-order valence-corrected chi connectivity index (χ2v) is 10.8. The molecule has 0 saturated carbocycles. The Morgan fingerprint density at radius 3 is 2.38 bits per heavy atom. The molecular weight excluding hydrogens is 554 g/mol. The number of carbonyl (C=O) groups is 4. The molecule has 42 heavy (non-hydrogen) atoms. The van der Waals surface area contributed by atoms with E-state index in [1.807, 2.05) is 43.3 Å². The van der Waals surface area contributed by atoms with Crippen LogP contribution in [0.2, 0.25) is 0 Å². The Morgan fingerprint density at radius 2 is 1.69 bits per heavy atom. The van der Waals surface area contributed by atoms with Crippen LogP contribution in [0.25, 0.3) is 6.08 Å². The fraction of sp³-hybridized carbons (Fsp3) is 0.250. The van der Waals surface area contributed by atoms with Crippen LogP contribution in [-0.4, -0.2) is 48.1 Å². The molecule has 3 aromatic rings. The Morgan fingerprint density at radius 1 is 0.952 bits per heavy atom. The number of aryl methyl sites for hydroxylation is 1. The molecule has 1 fully saturated rings. The van der Waals surface area contributed by atoms with Crippen LogP contribution in [0, 0.1) is 0 Å². The number of imide groups is 1. The second-order valence-electron chi connectivity index (χ2n) is 9.86. The number of amides is 4. The fourth-order valence-corrected chi connectivity index (χ4v) is 5.13. The number of carbonyl (C=O) groups excluding carboxylic acids is 4. The molecule has 0 aliphatic carbocycles. The summed E-state index contributed by atoms with van der Waals surface area (Å²) in [6.45, 7) is 5.52. The van der Waals surface area contributed by atoms with Gasteiger partial charge in [-0.05, 0) is 77.2 Å². The highest BCUT2D eigenvalue weighted by Gasteiger charge is 2.36. The van der Waals surface area contributed by atoms with Crippen LogP contribution in [0.1, 0.15) is 43.4 Å². The number of thioether (sulfide) groups is 1. The lowest BCUT2D eigenvalue weighted by Crippen LogP contribution is -2.36. The van der Waals surface area contributed by atoms with Crippen molar-refractivity contribution in [2.75, 3.05) is 30.9 Å². The number of anilines is 2. The van der Waals surface area contributed by atoms with Gasteiger partial charge in [-0.15, -0.1) is 0 Å². The van der Waals surface area contributed by atoms with E-state index in [0.29, 0.717) is 22.7 Å². The monoisotopic (exact) mass is 587 g/mol. The summed E-state index contributed by atoms with van der Waals surface area (Å²) in [4.78, 5) is 51.7. The zero-order chi connectivity index (χ0) is 30.2. The number of methoxy groups -OCH3 is 1. The van der Waals surface area contributed by atoms with E-state index in [-0.39, 0.29) is 23.3 Å². The predicted molar refractivity (Wildman–Crippen MR) is 165 cm³/mol. The van der Waals surface area contributed by atoms with Crippen molar-refractivity contribution < 1.29 is 28.7 Å². The van der Waals surface area contributed by atoms with Crippen molar-refractivity contribution in [2.45, 2.75) is 33.1 Å². The van der Waals surface area contributed by atoms with Crippen molar-refractivity contribution in [3.63, 3.8) is 0 Å². The quantitative estimate of drug-likeness (QED) is 0.262. The summed E-state index contributed by atoms with van der Waals surface area (Å²) in [7, 11) is 1.47. The van der Waals surface area contributed by atoms with Crippen molar-refractivity contribution in [1.82, 2.24) is 4.90 Å². The van der Waals surface area contributed by atoms with Crippen LogP contribution < -0.4 is 20.1 Å². The number of rotatable bonds is 11. The number of benzene rings is 3. The molecule has 1 heterocycles. The van der Waals surface area contributed by atoms with Crippen molar-refractivity contribution >= 4 is 52.2 Å². The fourth-order valence-electron chi connectivity index (χ4n) is 4.29. The molecule has 2 N–H and O–H groups in total. The number of nitrogens with zero attached hydrogens (tertiary/aromatic N) is 1. The first-order valence-corrected chi connectivity index (χ1v) is 14.3. The first kappa shape index (κ1) is 30.4. The number of nitrogens with one attached hydrogen (secondary N) is 2. The molecule has 4 amide bonds. The maximum atomic E-state index is 12.9. The number of para-hydroxylation sites is 1. The van der Waals surface area contributed by atoms with E-state index in [9.17, 15) is 19.2 Å². The molecule has 10 heteroatoms. The van der Waals surface area contributed by atoms with Crippen LogP contribution in [-0.2, 0) is 20.8 Å².